The van der Waals surface area contributed by atoms with E-state index in [0.717, 1.165) is 13.1 Å². The van der Waals surface area contributed by atoms with Gasteiger partial charge in [0.05, 0.1) is 12.6 Å². The van der Waals surface area contributed by atoms with Gasteiger partial charge in [0.2, 0.25) is 0 Å². The normalized spacial score (nSPS) is 24.7. The molecule has 0 aromatic heterocycles. The predicted octanol–water partition coefficient (Wildman–Crippen LogP) is 1.59. The van der Waals surface area contributed by atoms with Crippen molar-refractivity contribution in [1.29, 1.82) is 0 Å². The maximum Gasteiger partial charge on any atom is 0.410 e. The van der Waals surface area contributed by atoms with E-state index in [2.05, 4.69) is 11.9 Å². The molecule has 23 heavy (non-hydrogen) atoms. The van der Waals surface area contributed by atoms with E-state index in [4.69, 9.17) is 9.47 Å². The second kappa shape index (κ2) is 7.21. The van der Waals surface area contributed by atoms with Gasteiger partial charge in [0.25, 0.3) is 0 Å². The molecular weight excluding hydrogens is 298 g/mol. The van der Waals surface area contributed by atoms with Crippen LogP contribution in [0.15, 0.2) is 12.7 Å². The monoisotopic (exact) mass is 325 g/mol. The van der Waals surface area contributed by atoms with E-state index in [9.17, 15) is 9.59 Å². The van der Waals surface area contributed by atoms with E-state index >= 15 is 0 Å². The topological polar surface area (TPSA) is 71.1 Å². The van der Waals surface area contributed by atoms with Crippen LogP contribution >= 0.6 is 0 Å². The van der Waals surface area contributed by atoms with Crippen LogP contribution in [-0.4, -0.2) is 72.5 Å². The van der Waals surface area contributed by atoms with Crippen LogP contribution in [0.5, 0.6) is 0 Å². The third kappa shape index (κ3) is 4.60. The molecule has 0 bridgehead atoms. The minimum Gasteiger partial charge on any atom is -0.444 e. The maximum atomic E-state index is 12.2. The molecular formula is C16H27N3O4. The first-order chi connectivity index (χ1) is 10.8. The molecule has 7 heteroatoms. The molecule has 0 radical (unpaired) electrons. The Balaban J connectivity index is 1.89. The van der Waals surface area contributed by atoms with Crippen molar-refractivity contribution >= 4 is 12.2 Å². The van der Waals surface area contributed by atoms with Crippen molar-refractivity contribution in [1.82, 2.24) is 15.1 Å². The van der Waals surface area contributed by atoms with Crippen LogP contribution in [0.2, 0.25) is 0 Å². The Labute approximate surface area is 137 Å². The first-order valence-electron chi connectivity index (χ1n) is 8.08. The van der Waals surface area contributed by atoms with Gasteiger partial charge in [-0.25, -0.2) is 9.59 Å². The standard InChI is InChI=1S/C16H27N3O4/c1-5-6-12-13(11-19(12)15(21)23-16(2,3)4)22-14(20)18-9-7-17-8-10-18/h5,12-13,17H,1,6-11H2,2-4H3/t12-,13+/m0/s1. The number of carbonyl (C=O) groups is 2. The predicted molar refractivity (Wildman–Crippen MR) is 86.3 cm³/mol. The molecule has 0 saturated carbocycles. The molecule has 2 aliphatic heterocycles. The highest BCUT2D eigenvalue weighted by Gasteiger charge is 2.45. The summed E-state index contributed by atoms with van der Waals surface area (Å²) in [4.78, 5) is 27.6. The number of nitrogens with zero attached hydrogens (tertiary/aromatic N) is 2. The Hall–Kier alpha value is -1.76. The minimum absolute atomic E-state index is 0.200. The summed E-state index contributed by atoms with van der Waals surface area (Å²) >= 11 is 0. The van der Waals surface area contributed by atoms with Crippen molar-refractivity contribution < 1.29 is 19.1 Å². The molecule has 130 valence electrons. The molecule has 1 N–H and O–H groups in total. The van der Waals surface area contributed by atoms with Crippen LogP contribution in [0.3, 0.4) is 0 Å². The lowest BCUT2D eigenvalue weighted by Crippen LogP contribution is -2.64. The van der Waals surface area contributed by atoms with Crippen LogP contribution < -0.4 is 5.32 Å². The molecule has 2 heterocycles. The number of hydrogen-bond acceptors (Lipinski definition) is 5. The maximum absolute atomic E-state index is 12.2. The number of likely N-dealkylation sites (tertiary alicyclic amines) is 1. The fraction of sp³-hybridized carbons (Fsp3) is 0.750. The number of amides is 2. The molecule has 0 unspecified atom stereocenters. The Morgan fingerprint density at radius 2 is 1.91 bits per heavy atom. The van der Waals surface area contributed by atoms with Gasteiger partial charge in [-0.1, -0.05) is 6.08 Å². The van der Waals surface area contributed by atoms with Gasteiger partial charge in [-0.15, -0.1) is 6.58 Å². The van der Waals surface area contributed by atoms with Crippen LogP contribution in [0, 0.1) is 0 Å². The average molecular weight is 325 g/mol. The zero-order chi connectivity index (χ0) is 17.0. The molecule has 0 aromatic carbocycles. The quantitative estimate of drug-likeness (QED) is 0.798. The zero-order valence-electron chi connectivity index (χ0n) is 14.2. The fourth-order valence-corrected chi connectivity index (χ4v) is 2.66. The van der Waals surface area contributed by atoms with Crippen molar-refractivity contribution in [3.05, 3.63) is 12.7 Å². The van der Waals surface area contributed by atoms with Crippen LogP contribution in [0.25, 0.3) is 0 Å². The minimum atomic E-state index is -0.543. The lowest BCUT2D eigenvalue weighted by Gasteiger charge is -2.47. The van der Waals surface area contributed by atoms with E-state index in [1.54, 1.807) is 15.9 Å². The van der Waals surface area contributed by atoms with Gasteiger partial charge in [0.1, 0.15) is 11.7 Å². The lowest BCUT2D eigenvalue weighted by molar-refractivity contribution is -0.0806. The molecule has 2 atom stereocenters. The van der Waals surface area contributed by atoms with Gasteiger partial charge in [0, 0.05) is 26.2 Å². The van der Waals surface area contributed by atoms with Gasteiger partial charge in [0.15, 0.2) is 0 Å². The summed E-state index contributed by atoms with van der Waals surface area (Å²) in [6.45, 7) is 12.4. The number of nitrogens with one attached hydrogen (secondary N) is 1. The molecule has 0 aromatic rings. The summed E-state index contributed by atoms with van der Waals surface area (Å²) in [6, 6.07) is -0.200. The molecule has 2 saturated heterocycles. The number of hydrogen-bond donors (Lipinski definition) is 1. The van der Waals surface area contributed by atoms with E-state index in [0.29, 0.717) is 26.1 Å². The van der Waals surface area contributed by atoms with E-state index in [1.807, 2.05) is 20.8 Å². The molecule has 2 amide bonds. The zero-order valence-corrected chi connectivity index (χ0v) is 14.2. The molecule has 7 nitrogen and oxygen atoms in total. The van der Waals surface area contributed by atoms with Crippen LogP contribution in [0.1, 0.15) is 27.2 Å². The third-order valence-electron chi connectivity index (χ3n) is 3.87. The number of rotatable bonds is 3. The second-order valence-electron chi connectivity index (χ2n) is 6.88. The van der Waals surface area contributed by atoms with Gasteiger partial charge in [-0.2, -0.15) is 0 Å². The largest absolute Gasteiger partial charge is 0.444 e. The summed E-state index contributed by atoms with van der Waals surface area (Å²) in [7, 11) is 0. The lowest BCUT2D eigenvalue weighted by atomic mass is 9.96. The highest BCUT2D eigenvalue weighted by molar-refractivity contribution is 5.71. The summed E-state index contributed by atoms with van der Waals surface area (Å²) in [5.74, 6) is 0. The Morgan fingerprint density at radius 3 is 2.48 bits per heavy atom. The fourth-order valence-electron chi connectivity index (χ4n) is 2.66. The molecule has 0 aliphatic carbocycles. The molecule has 0 spiro atoms. The van der Waals surface area contributed by atoms with Gasteiger partial charge < -0.3 is 19.7 Å². The smallest absolute Gasteiger partial charge is 0.410 e. The SMILES string of the molecule is C=CC[C@H]1[C@H](OC(=O)N2CCNCC2)CN1C(=O)OC(C)(C)C. The molecule has 2 fully saturated rings. The van der Waals surface area contributed by atoms with E-state index in [-0.39, 0.29) is 24.3 Å². The highest BCUT2D eigenvalue weighted by Crippen LogP contribution is 2.27. The van der Waals surface area contributed by atoms with Crippen molar-refractivity contribution in [2.75, 3.05) is 32.7 Å². The van der Waals surface area contributed by atoms with Gasteiger partial charge in [-0.3, -0.25) is 4.90 Å². The van der Waals surface area contributed by atoms with E-state index in [1.165, 1.54) is 0 Å². The van der Waals surface area contributed by atoms with Crippen molar-refractivity contribution in [3.63, 3.8) is 0 Å². The third-order valence-corrected chi connectivity index (χ3v) is 3.87. The summed E-state index contributed by atoms with van der Waals surface area (Å²) in [6.07, 6.45) is 1.31. The van der Waals surface area contributed by atoms with Crippen molar-refractivity contribution in [2.45, 2.75) is 44.9 Å². The number of carbonyl (C=O) groups excluding carboxylic acids is 2. The van der Waals surface area contributed by atoms with E-state index < -0.39 is 5.60 Å². The van der Waals surface area contributed by atoms with Crippen molar-refractivity contribution in [3.8, 4) is 0 Å². The second-order valence-corrected chi connectivity index (χ2v) is 6.88. The number of piperazine rings is 1. The first-order valence-corrected chi connectivity index (χ1v) is 8.08. The highest BCUT2D eigenvalue weighted by atomic mass is 16.6. The summed E-state index contributed by atoms with van der Waals surface area (Å²) in [5, 5.41) is 3.19. The molecule has 2 aliphatic rings. The molecule has 2 rings (SSSR count). The summed E-state index contributed by atoms with van der Waals surface area (Å²) in [5.41, 5.74) is -0.543. The van der Waals surface area contributed by atoms with Gasteiger partial charge >= 0.3 is 12.2 Å². The Morgan fingerprint density at radius 1 is 1.26 bits per heavy atom. The Bertz CT molecular complexity index is 455. The van der Waals surface area contributed by atoms with Gasteiger partial charge in [-0.05, 0) is 27.2 Å². The van der Waals surface area contributed by atoms with Crippen LogP contribution in [-0.2, 0) is 9.47 Å². The number of ether oxygens (including phenoxy) is 2. The van der Waals surface area contributed by atoms with Crippen molar-refractivity contribution in [2.24, 2.45) is 0 Å². The van der Waals surface area contributed by atoms with Crippen LogP contribution in [0.4, 0.5) is 9.59 Å². The average Bonchev–Trinajstić information content (AvgIpc) is 2.47. The first kappa shape index (κ1) is 17.6. The Kier molecular flexibility index (Phi) is 5.51. The summed E-state index contributed by atoms with van der Waals surface area (Å²) < 4.78 is 10.9.